The number of nitrogens with one attached hydrogen (secondary N) is 3. The first-order chi connectivity index (χ1) is 17.3. The van der Waals surface area contributed by atoms with E-state index in [9.17, 15) is 9.59 Å². The molecule has 36 heavy (non-hydrogen) atoms. The maximum atomic E-state index is 13.1. The minimum Gasteiger partial charge on any atom is -0.377 e. The molecule has 10 heteroatoms. The Labute approximate surface area is 213 Å². The standard InChI is InChI=1S/C26H31N7O3.2H2/c1-5-27-12-25(34)31-22-8-24(18(4)29-11-22)32-26(35)20-7-19(17(3)28-9-20)6-16(2)21-10-30-33(13-21)23-14-36-15-23;;/h6-11,13,23,27H,5,12,14-15H2,1-4H3,(H,31,34)(H,32,35);2*1H/b16-6+;;. The molecule has 10 nitrogen and oxygen atoms in total. The van der Waals surface area contributed by atoms with Crippen LogP contribution >= 0.6 is 0 Å². The van der Waals surface area contributed by atoms with Crippen LogP contribution in [0.15, 0.2) is 36.9 Å². The first-order valence-corrected chi connectivity index (χ1v) is 11.9. The maximum absolute atomic E-state index is 13.1. The smallest absolute Gasteiger partial charge is 0.257 e. The molecule has 1 saturated heterocycles. The van der Waals surface area contributed by atoms with Crippen LogP contribution in [0.1, 0.15) is 55.6 Å². The number of nitrogens with zero attached hydrogens (tertiary/aromatic N) is 4. The quantitative estimate of drug-likeness (QED) is 0.415. The van der Waals surface area contributed by atoms with Gasteiger partial charge in [0.25, 0.3) is 5.91 Å². The van der Waals surface area contributed by atoms with Gasteiger partial charge in [0.2, 0.25) is 5.91 Å². The first kappa shape index (κ1) is 25.2. The van der Waals surface area contributed by atoms with Crippen molar-refractivity contribution in [3.63, 3.8) is 0 Å². The Kier molecular flexibility index (Phi) is 7.87. The number of anilines is 2. The van der Waals surface area contributed by atoms with E-state index in [1.807, 2.05) is 50.0 Å². The van der Waals surface area contributed by atoms with Crippen LogP contribution < -0.4 is 16.0 Å². The van der Waals surface area contributed by atoms with E-state index < -0.39 is 0 Å². The highest BCUT2D eigenvalue weighted by atomic mass is 16.5. The zero-order valence-corrected chi connectivity index (χ0v) is 21.0. The lowest BCUT2D eigenvalue weighted by Gasteiger charge is -2.25. The third-order valence-electron chi connectivity index (χ3n) is 5.97. The van der Waals surface area contributed by atoms with Gasteiger partial charge in [-0.25, -0.2) is 0 Å². The predicted molar refractivity (Wildman–Crippen MR) is 143 cm³/mol. The molecule has 0 saturated carbocycles. The van der Waals surface area contributed by atoms with E-state index in [1.165, 1.54) is 0 Å². The van der Waals surface area contributed by atoms with Gasteiger partial charge in [0, 0.05) is 26.5 Å². The SMILES string of the molecule is CCNCC(=O)Nc1cnc(C)c(NC(=O)c2cnc(C)c(/C=C(\C)c3cnn(C4COC4)c3)c2)c1.[HH].[HH]. The molecule has 1 fully saturated rings. The van der Waals surface area contributed by atoms with Crippen molar-refractivity contribution in [2.45, 2.75) is 33.7 Å². The van der Waals surface area contributed by atoms with Crippen LogP contribution in [0.3, 0.4) is 0 Å². The summed E-state index contributed by atoms with van der Waals surface area (Å²) in [5, 5.41) is 13.1. The average Bonchev–Trinajstić information content (AvgIpc) is 3.29. The lowest BCUT2D eigenvalue weighted by Crippen LogP contribution is -2.30. The van der Waals surface area contributed by atoms with Crippen molar-refractivity contribution in [2.24, 2.45) is 0 Å². The van der Waals surface area contributed by atoms with Crippen LogP contribution in [0.5, 0.6) is 0 Å². The molecule has 3 aromatic rings. The highest BCUT2D eigenvalue weighted by Gasteiger charge is 2.21. The zero-order chi connectivity index (χ0) is 25.7. The van der Waals surface area contributed by atoms with Gasteiger partial charge in [-0.1, -0.05) is 6.92 Å². The Morgan fingerprint density at radius 1 is 1.11 bits per heavy atom. The summed E-state index contributed by atoms with van der Waals surface area (Å²) < 4.78 is 7.18. The van der Waals surface area contributed by atoms with Crippen molar-refractivity contribution in [1.82, 2.24) is 25.1 Å². The van der Waals surface area contributed by atoms with Gasteiger partial charge in [-0.05, 0) is 56.7 Å². The number of hydrogen-bond acceptors (Lipinski definition) is 7. The van der Waals surface area contributed by atoms with Crippen molar-refractivity contribution < 1.29 is 17.2 Å². The van der Waals surface area contributed by atoms with Gasteiger partial charge in [-0.15, -0.1) is 0 Å². The fraction of sp³-hybridized carbons (Fsp3) is 0.346. The third-order valence-corrected chi connectivity index (χ3v) is 5.97. The molecule has 1 aliphatic rings. The first-order valence-electron chi connectivity index (χ1n) is 11.9. The number of likely N-dealkylation sites (N-methyl/N-ethyl adjacent to an activating group) is 1. The van der Waals surface area contributed by atoms with Gasteiger partial charge in [-0.3, -0.25) is 24.2 Å². The summed E-state index contributed by atoms with van der Waals surface area (Å²) in [5.74, 6) is -0.491. The van der Waals surface area contributed by atoms with E-state index >= 15 is 0 Å². The number of allylic oxidation sites excluding steroid dienone is 1. The molecule has 4 heterocycles. The van der Waals surface area contributed by atoms with Crippen LogP contribution in [0.4, 0.5) is 11.4 Å². The minimum absolute atomic E-state index is 0. The molecular formula is C26H35N7O3. The molecule has 0 aliphatic carbocycles. The predicted octanol–water partition coefficient (Wildman–Crippen LogP) is 3.71. The number of hydrogen-bond donors (Lipinski definition) is 3. The molecule has 0 spiro atoms. The van der Waals surface area contributed by atoms with E-state index in [0.717, 1.165) is 22.4 Å². The largest absolute Gasteiger partial charge is 0.377 e. The summed E-state index contributed by atoms with van der Waals surface area (Å²) >= 11 is 0. The van der Waals surface area contributed by atoms with Gasteiger partial charge in [0.15, 0.2) is 0 Å². The molecular weight excluding hydrogens is 458 g/mol. The van der Waals surface area contributed by atoms with Gasteiger partial charge < -0.3 is 20.7 Å². The van der Waals surface area contributed by atoms with Gasteiger partial charge >= 0.3 is 0 Å². The van der Waals surface area contributed by atoms with E-state index in [-0.39, 0.29) is 21.2 Å². The van der Waals surface area contributed by atoms with Crippen LogP contribution in [-0.2, 0) is 9.53 Å². The van der Waals surface area contributed by atoms with E-state index in [4.69, 9.17) is 4.74 Å². The molecule has 0 unspecified atom stereocenters. The Bertz CT molecular complexity index is 1310. The highest BCUT2D eigenvalue weighted by Crippen LogP contribution is 2.23. The monoisotopic (exact) mass is 493 g/mol. The third kappa shape index (κ3) is 6.02. The van der Waals surface area contributed by atoms with E-state index in [2.05, 4.69) is 31.0 Å². The highest BCUT2D eigenvalue weighted by molar-refractivity contribution is 6.05. The molecule has 0 radical (unpaired) electrons. The normalized spacial score (nSPS) is 13.8. The second-order valence-corrected chi connectivity index (χ2v) is 8.77. The maximum Gasteiger partial charge on any atom is 0.257 e. The van der Waals surface area contributed by atoms with Crippen LogP contribution in [0.2, 0.25) is 0 Å². The molecule has 192 valence electrons. The molecule has 3 N–H and O–H groups in total. The molecule has 3 aromatic heterocycles. The number of aromatic nitrogens is 4. The van der Waals surface area contributed by atoms with Crippen molar-refractivity contribution in [3.05, 3.63) is 65.0 Å². The fourth-order valence-corrected chi connectivity index (χ4v) is 3.62. The molecule has 0 aromatic carbocycles. The van der Waals surface area contributed by atoms with Gasteiger partial charge in [0.1, 0.15) is 0 Å². The van der Waals surface area contributed by atoms with Gasteiger partial charge in [0.05, 0.1) is 60.8 Å². The summed E-state index contributed by atoms with van der Waals surface area (Å²) in [5.41, 5.74) is 5.77. The second kappa shape index (κ2) is 11.2. The number of carbonyl (C=O) groups excluding carboxylic acids is 2. The van der Waals surface area contributed by atoms with Crippen LogP contribution in [-0.4, -0.2) is 57.9 Å². The fourth-order valence-electron chi connectivity index (χ4n) is 3.62. The summed E-state index contributed by atoms with van der Waals surface area (Å²) in [7, 11) is 0. The number of rotatable bonds is 9. The van der Waals surface area contributed by atoms with Crippen molar-refractivity contribution in [1.29, 1.82) is 0 Å². The van der Waals surface area contributed by atoms with Crippen LogP contribution in [0, 0.1) is 13.8 Å². The molecule has 1 aliphatic heterocycles. The Morgan fingerprint density at radius 2 is 1.89 bits per heavy atom. The van der Waals surface area contributed by atoms with Crippen LogP contribution in [0.25, 0.3) is 11.6 Å². The topological polar surface area (TPSA) is 123 Å². The Morgan fingerprint density at radius 3 is 2.61 bits per heavy atom. The lowest BCUT2D eigenvalue weighted by atomic mass is 10.0. The van der Waals surface area contributed by atoms with Crippen molar-refractivity contribution >= 4 is 34.8 Å². The average molecular weight is 494 g/mol. The van der Waals surface area contributed by atoms with Crippen molar-refractivity contribution in [2.75, 3.05) is 36.9 Å². The summed E-state index contributed by atoms with van der Waals surface area (Å²) in [6.45, 7) is 9.90. The number of amides is 2. The summed E-state index contributed by atoms with van der Waals surface area (Å²) in [4.78, 5) is 33.8. The minimum atomic E-state index is -0.311. The Hall–Kier alpha value is -3.89. The number of aryl methyl sites for hydroxylation is 2. The van der Waals surface area contributed by atoms with E-state index in [1.54, 1.807) is 25.4 Å². The number of ether oxygens (including phenoxy) is 1. The summed E-state index contributed by atoms with van der Waals surface area (Å²) in [6, 6.07) is 3.80. The second-order valence-electron chi connectivity index (χ2n) is 8.77. The molecule has 4 rings (SSSR count). The zero-order valence-electron chi connectivity index (χ0n) is 21.0. The molecule has 2 amide bonds. The van der Waals surface area contributed by atoms with Gasteiger partial charge in [-0.2, -0.15) is 5.10 Å². The summed E-state index contributed by atoms with van der Waals surface area (Å²) in [6.07, 6.45) is 8.97. The van der Waals surface area contributed by atoms with E-state index in [0.29, 0.717) is 48.4 Å². The number of pyridine rings is 2. The Balaban J connectivity index is 0.00000253. The lowest BCUT2D eigenvalue weighted by molar-refractivity contribution is -0.115. The molecule has 0 bridgehead atoms. The number of carbonyl (C=O) groups is 2. The van der Waals surface area contributed by atoms with Crippen molar-refractivity contribution in [3.8, 4) is 0 Å². The molecule has 0 atom stereocenters.